The van der Waals surface area contributed by atoms with Crippen LogP contribution in [0.1, 0.15) is 57.3 Å². The minimum Gasteiger partial charge on any atom is -0.493 e. The second-order valence-electron chi connectivity index (χ2n) is 12.4. The van der Waals surface area contributed by atoms with E-state index in [1.165, 1.54) is 13.2 Å². The van der Waals surface area contributed by atoms with Crippen LogP contribution in [0, 0.1) is 6.92 Å². The Labute approximate surface area is 278 Å². The predicted molar refractivity (Wildman–Crippen MR) is 180 cm³/mol. The molecule has 3 N–H and O–H groups in total. The molecule has 0 spiro atoms. The predicted octanol–water partition coefficient (Wildman–Crippen LogP) is 4.19. The van der Waals surface area contributed by atoms with Crippen molar-refractivity contribution in [3.05, 3.63) is 111 Å². The SMILES string of the molecule is COc1cc2ccc1O[C@H]1CN(C(=O)c3ccc(=O)[nH]c3C(C)C)C[C@@H]1NC(=O)c1ccc(C)c(c1)-c1cccc(c1)OCC(=O)NC2. The Bertz CT molecular complexity index is 1940. The van der Waals surface area contributed by atoms with Gasteiger partial charge in [0.15, 0.2) is 18.1 Å². The molecule has 4 heterocycles. The van der Waals surface area contributed by atoms with Gasteiger partial charge in [-0.2, -0.15) is 0 Å². The number of H-pyrrole nitrogens is 1. The molecule has 3 aliphatic heterocycles. The lowest BCUT2D eigenvalue weighted by Crippen LogP contribution is -2.45. The fraction of sp³-hybridized carbons (Fsp3) is 0.297. The number of aryl methyl sites for hydroxylation is 1. The second-order valence-corrected chi connectivity index (χ2v) is 12.4. The van der Waals surface area contributed by atoms with Crippen molar-refractivity contribution in [2.24, 2.45) is 0 Å². The summed E-state index contributed by atoms with van der Waals surface area (Å²) in [4.78, 5) is 56.9. The number of carbonyl (C=O) groups excluding carboxylic acids is 3. The third-order valence-electron chi connectivity index (χ3n) is 8.64. The molecule has 48 heavy (non-hydrogen) atoms. The Balaban J connectivity index is 1.37. The van der Waals surface area contributed by atoms with Crippen molar-refractivity contribution in [1.29, 1.82) is 0 Å². The molecule has 0 aliphatic carbocycles. The van der Waals surface area contributed by atoms with E-state index in [-0.39, 0.29) is 55.4 Å². The monoisotopic (exact) mass is 650 g/mol. The Morgan fingerprint density at radius 1 is 0.958 bits per heavy atom. The number of amides is 3. The number of nitrogens with zero attached hydrogens (tertiary/aromatic N) is 1. The first kappa shape index (κ1) is 32.4. The van der Waals surface area contributed by atoms with E-state index in [1.54, 1.807) is 35.2 Å². The van der Waals surface area contributed by atoms with Crippen molar-refractivity contribution in [2.75, 3.05) is 26.8 Å². The average Bonchev–Trinajstić information content (AvgIpc) is 3.47. The van der Waals surface area contributed by atoms with E-state index in [9.17, 15) is 19.2 Å². The zero-order valence-electron chi connectivity index (χ0n) is 27.3. The quantitative estimate of drug-likeness (QED) is 0.302. The van der Waals surface area contributed by atoms with Crippen molar-refractivity contribution < 1.29 is 28.6 Å². The molecule has 4 aromatic rings. The number of benzene rings is 3. The zero-order chi connectivity index (χ0) is 33.9. The van der Waals surface area contributed by atoms with Crippen molar-refractivity contribution in [1.82, 2.24) is 20.5 Å². The number of fused-ring (bicyclic) bond motifs is 7. The number of hydrogen-bond donors (Lipinski definition) is 3. The number of nitrogens with one attached hydrogen (secondary N) is 3. The molecule has 0 saturated carbocycles. The summed E-state index contributed by atoms with van der Waals surface area (Å²) >= 11 is 0. The van der Waals surface area contributed by atoms with Crippen LogP contribution in [0.25, 0.3) is 11.1 Å². The van der Waals surface area contributed by atoms with Crippen LogP contribution in [0.3, 0.4) is 0 Å². The molecule has 248 valence electrons. The van der Waals surface area contributed by atoms with Gasteiger partial charge in [0.1, 0.15) is 11.9 Å². The molecule has 11 nitrogen and oxygen atoms in total. The topological polar surface area (TPSA) is 139 Å². The highest BCUT2D eigenvalue weighted by atomic mass is 16.5. The van der Waals surface area contributed by atoms with E-state index >= 15 is 0 Å². The summed E-state index contributed by atoms with van der Waals surface area (Å²) in [7, 11) is 1.52. The minimum atomic E-state index is -0.632. The van der Waals surface area contributed by atoms with Gasteiger partial charge in [-0.3, -0.25) is 19.2 Å². The van der Waals surface area contributed by atoms with Gasteiger partial charge in [-0.15, -0.1) is 0 Å². The lowest BCUT2D eigenvalue weighted by molar-refractivity contribution is -0.123. The molecule has 6 bridgehead atoms. The van der Waals surface area contributed by atoms with Crippen molar-refractivity contribution in [3.8, 4) is 28.4 Å². The summed E-state index contributed by atoms with van der Waals surface area (Å²) in [5.74, 6) is 0.405. The largest absolute Gasteiger partial charge is 0.493 e. The number of ether oxygens (including phenoxy) is 3. The Morgan fingerprint density at radius 3 is 2.58 bits per heavy atom. The number of carbonyl (C=O) groups is 3. The number of pyridine rings is 1. The number of aromatic amines is 1. The van der Waals surface area contributed by atoms with Crippen molar-refractivity contribution in [2.45, 2.75) is 45.4 Å². The smallest absolute Gasteiger partial charge is 0.258 e. The Kier molecular flexibility index (Phi) is 9.20. The first-order valence-electron chi connectivity index (χ1n) is 15.9. The first-order chi connectivity index (χ1) is 23.1. The summed E-state index contributed by atoms with van der Waals surface area (Å²) in [6.07, 6.45) is -0.632. The van der Waals surface area contributed by atoms with E-state index in [0.29, 0.717) is 34.1 Å². The maximum atomic E-state index is 13.9. The van der Waals surface area contributed by atoms with Gasteiger partial charge in [0, 0.05) is 30.4 Å². The Hall–Kier alpha value is -5.58. The van der Waals surface area contributed by atoms with Crippen LogP contribution >= 0.6 is 0 Å². The fourth-order valence-corrected chi connectivity index (χ4v) is 6.06. The van der Waals surface area contributed by atoms with Crippen LogP contribution in [0.4, 0.5) is 0 Å². The summed E-state index contributed by atoms with van der Waals surface area (Å²) in [6, 6.07) is 20.5. The highest BCUT2D eigenvalue weighted by Crippen LogP contribution is 2.32. The standard InChI is InChI=1S/C37H38N4O7/c1-21(2)35-27(11-13-33(42)40-35)37(45)41-18-29-32(19-41)48-30-12-9-23(14-31(30)46-4)17-38-34(43)20-47-26-7-5-6-24(15-26)28-16-25(36(44)39-29)10-8-22(28)3/h5-16,21,29,32H,17-20H2,1-4H3,(H,38,43)(H,39,44)(H,40,42)/t29-,32-/m0/s1. The zero-order valence-corrected chi connectivity index (χ0v) is 27.3. The van der Waals surface area contributed by atoms with Crippen molar-refractivity contribution in [3.63, 3.8) is 0 Å². The number of rotatable bonds is 3. The number of aromatic nitrogens is 1. The molecular weight excluding hydrogens is 612 g/mol. The highest BCUT2D eigenvalue weighted by Gasteiger charge is 2.39. The maximum Gasteiger partial charge on any atom is 0.258 e. The van der Waals surface area contributed by atoms with E-state index in [1.807, 2.05) is 57.2 Å². The van der Waals surface area contributed by atoms with Crippen LogP contribution in [-0.2, 0) is 11.3 Å². The third kappa shape index (κ3) is 6.90. The molecule has 0 unspecified atom stereocenters. The van der Waals surface area contributed by atoms with Gasteiger partial charge in [0.2, 0.25) is 5.56 Å². The van der Waals surface area contributed by atoms with E-state index in [0.717, 1.165) is 22.3 Å². The molecule has 1 fully saturated rings. The minimum absolute atomic E-state index is 0.0943. The summed E-state index contributed by atoms with van der Waals surface area (Å²) in [5.41, 5.74) is 4.51. The van der Waals surface area contributed by atoms with E-state index in [4.69, 9.17) is 14.2 Å². The van der Waals surface area contributed by atoms with Crippen LogP contribution in [0.2, 0.25) is 0 Å². The summed E-state index contributed by atoms with van der Waals surface area (Å²) in [5, 5.41) is 6.00. The van der Waals surface area contributed by atoms with Gasteiger partial charge >= 0.3 is 0 Å². The number of likely N-dealkylation sites (tertiary alicyclic amines) is 1. The number of hydrogen-bond acceptors (Lipinski definition) is 7. The molecule has 3 aromatic carbocycles. The van der Waals surface area contributed by atoms with Crippen LogP contribution in [-0.4, -0.2) is 66.6 Å². The van der Waals surface area contributed by atoms with Crippen LogP contribution in [0.15, 0.2) is 77.6 Å². The normalized spacial score (nSPS) is 17.9. The molecule has 0 radical (unpaired) electrons. The molecule has 3 amide bonds. The summed E-state index contributed by atoms with van der Waals surface area (Å²) < 4.78 is 17.9. The maximum absolute atomic E-state index is 13.9. The molecule has 7 rings (SSSR count). The van der Waals surface area contributed by atoms with Gasteiger partial charge in [0.05, 0.1) is 25.3 Å². The highest BCUT2D eigenvalue weighted by molar-refractivity contribution is 5.97. The molecule has 2 atom stereocenters. The lowest BCUT2D eigenvalue weighted by atomic mass is 9.97. The molecule has 11 heteroatoms. The number of methoxy groups -OCH3 is 1. The molecule has 3 aliphatic rings. The van der Waals surface area contributed by atoms with Gasteiger partial charge in [-0.1, -0.05) is 38.1 Å². The Morgan fingerprint density at radius 2 is 1.79 bits per heavy atom. The van der Waals surface area contributed by atoms with Gasteiger partial charge < -0.3 is 34.7 Å². The first-order valence-corrected chi connectivity index (χ1v) is 15.9. The van der Waals surface area contributed by atoms with Crippen LogP contribution < -0.4 is 30.4 Å². The van der Waals surface area contributed by atoms with Gasteiger partial charge in [0.25, 0.3) is 17.7 Å². The molecule has 1 aromatic heterocycles. The van der Waals surface area contributed by atoms with Crippen molar-refractivity contribution >= 4 is 17.7 Å². The van der Waals surface area contributed by atoms with Crippen LogP contribution in [0.5, 0.6) is 17.2 Å². The fourth-order valence-electron chi connectivity index (χ4n) is 6.06. The van der Waals surface area contributed by atoms with E-state index in [2.05, 4.69) is 15.6 Å². The average molecular weight is 651 g/mol. The van der Waals surface area contributed by atoms with Gasteiger partial charge in [-0.05, 0) is 77.6 Å². The summed E-state index contributed by atoms with van der Waals surface area (Å²) in [6.45, 7) is 6.20. The second kappa shape index (κ2) is 13.6. The lowest BCUT2D eigenvalue weighted by Gasteiger charge is -2.23. The molecule has 1 saturated heterocycles. The van der Waals surface area contributed by atoms with E-state index < -0.39 is 12.1 Å². The van der Waals surface area contributed by atoms with Gasteiger partial charge in [-0.25, -0.2) is 0 Å². The molecular formula is C37H38N4O7. The third-order valence-corrected chi connectivity index (χ3v) is 8.64.